The zero-order chi connectivity index (χ0) is 43.4. The third kappa shape index (κ3) is 11.6. The van der Waals surface area contributed by atoms with Gasteiger partial charge >= 0.3 is 30.2 Å². The predicted molar refractivity (Wildman–Crippen MR) is 168 cm³/mol. The number of nitro benzene ring substituents is 2. The minimum absolute atomic E-state index is 0.000569. The number of nitrogens with zero attached hydrogens (tertiary/aromatic N) is 2. The molecule has 22 heteroatoms. The van der Waals surface area contributed by atoms with Gasteiger partial charge in [-0.15, -0.1) is 0 Å². The monoisotopic (exact) mass is 806 g/mol. The Bertz CT molecular complexity index is 1850. The molecule has 0 aliphatic rings. The highest BCUT2D eigenvalue weighted by atomic mass is 19.4. The molecule has 1 atom stereocenters. The van der Waals surface area contributed by atoms with Crippen LogP contribution in [0.15, 0.2) is 36.4 Å². The van der Waals surface area contributed by atoms with Crippen LogP contribution in [0.3, 0.4) is 0 Å². The molecule has 0 aromatic heterocycles. The first-order chi connectivity index (χ1) is 24.6. The molecule has 0 saturated heterocycles. The van der Waals surface area contributed by atoms with Gasteiger partial charge in [0.25, 0.3) is 11.4 Å². The van der Waals surface area contributed by atoms with Gasteiger partial charge in [0.1, 0.15) is 11.4 Å². The van der Waals surface area contributed by atoms with Gasteiger partial charge in [0.15, 0.2) is 23.3 Å². The lowest BCUT2D eigenvalue weighted by Gasteiger charge is -2.24. The number of rotatable bonds is 13. The third-order valence-electron chi connectivity index (χ3n) is 7.13. The summed E-state index contributed by atoms with van der Waals surface area (Å²) in [6.07, 6.45) is -12.7. The maximum absolute atomic E-state index is 13.6. The van der Waals surface area contributed by atoms with Crippen molar-refractivity contribution in [1.29, 1.82) is 0 Å². The van der Waals surface area contributed by atoms with Crippen LogP contribution in [0.2, 0.25) is 0 Å². The summed E-state index contributed by atoms with van der Waals surface area (Å²) in [4.78, 5) is 80.8. The largest absolute Gasteiger partial charge is 0.459 e. The normalized spacial score (nSPS) is 13.1. The molecule has 0 aliphatic carbocycles. The van der Waals surface area contributed by atoms with Crippen molar-refractivity contribution in [1.82, 2.24) is 0 Å². The number of hydrogen-bond acceptors (Lipinski definition) is 10. The number of Topliss-reactive ketones (excluding diaryl/α,β-unsaturated/α-hetero) is 4. The van der Waals surface area contributed by atoms with Gasteiger partial charge in [-0.25, -0.2) is 0 Å². The third-order valence-corrected chi connectivity index (χ3v) is 7.13. The Morgan fingerprint density at radius 1 is 0.655 bits per heavy atom. The Morgan fingerprint density at radius 3 is 1.36 bits per heavy atom. The lowest BCUT2D eigenvalue weighted by Crippen LogP contribution is -2.39. The topological polar surface area (TPSA) is 181 Å². The summed E-state index contributed by atoms with van der Waals surface area (Å²) in [5, 5.41) is 22.2. The summed E-state index contributed by atoms with van der Waals surface area (Å²) >= 11 is 0. The van der Waals surface area contributed by atoms with E-state index in [-0.39, 0.29) is 24.3 Å². The number of ketones is 4. The molecule has 2 aromatic carbocycles. The van der Waals surface area contributed by atoms with Crippen LogP contribution in [0.4, 0.5) is 55.3 Å². The molecule has 12 nitrogen and oxygen atoms in total. The molecule has 0 spiro atoms. The van der Waals surface area contributed by atoms with Crippen LogP contribution in [-0.4, -0.2) is 56.9 Å². The molecular formula is C33H32F10N2O10. The summed E-state index contributed by atoms with van der Waals surface area (Å²) in [5.74, 6) is -19.6. The second kappa shape index (κ2) is 17.0. The molecule has 55 heavy (non-hydrogen) atoms. The van der Waals surface area contributed by atoms with Crippen molar-refractivity contribution < 1.29 is 82.5 Å². The van der Waals surface area contributed by atoms with Gasteiger partial charge in [-0.2, -0.15) is 43.9 Å². The van der Waals surface area contributed by atoms with Crippen molar-refractivity contribution in [2.24, 2.45) is 17.8 Å². The zero-order valence-electron chi connectivity index (χ0n) is 29.7. The molecular weight excluding hydrogens is 774 g/mol. The van der Waals surface area contributed by atoms with E-state index in [1.807, 2.05) is 0 Å². The van der Waals surface area contributed by atoms with Crippen molar-refractivity contribution in [2.45, 2.75) is 84.7 Å². The van der Waals surface area contributed by atoms with E-state index in [1.54, 1.807) is 0 Å². The Hall–Kier alpha value is -5.31. The molecule has 1 unspecified atom stereocenters. The maximum atomic E-state index is 13.6. The highest BCUT2D eigenvalue weighted by Crippen LogP contribution is 2.46. The predicted octanol–water partition coefficient (Wildman–Crippen LogP) is 8.66. The van der Waals surface area contributed by atoms with Crippen molar-refractivity contribution >= 4 is 40.5 Å². The van der Waals surface area contributed by atoms with Crippen LogP contribution in [0.1, 0.15) is 86.7 Å². The fourth-order valence-corrected chi connectivity index (χ4v) is 4.19. The molecule has 2 aromatic rings. The summed E-state index contributed by atoms with van der Waals surface area (Å²) in [6, 6.07) is 1.23. The molecule has 0 fully saturated rings. The van der Waals surface area contributed by atoms with E-state index in [1.165, 1.54) is 48.5 Å². The molecule has 0 bridgehead atoms. The summed E-state index contributed by atoms with van der Waals surface area (Å²) in [6.45, 7) is 9.95. The van der Waals surface area contributed by atoms with Crippen LogP contribution in [0.25, 0.3) is 0 Å². The molecule has 0 heterocycles. The summed E-state index contributed by atoms with van der Waals surface area (Å²) in [5.41, 5.74) is -8.86. The second-order valence-electron chi connectivity index (χ2n) is 13.2. The number of ether oxygens (including phenoxy) is 1. The van der Waals surface area contributed by atoms with Crippen LogP contribution in [0.5, 0.6) is 0 Å². The van der Waals surface area contributed by atoms with Crippen molar-refractivity contribution in [2.75, 3.05) is 0 Å². The fraction of sp³-hybridized carbons (Fsp3) is 0.485. The average Bonchev–Trinajstić information content (AvgIpc) is 3.02. The first-order valence-electron chi connectivity index (χ1n) is 15.4. The van der Waals surface area contributed by atoms with Gasteiger partial charge in [-0.05, 0) is 32.9 Å². The van der Waals surface area contributed by atoms with Crippen LogP contribution < -0.4 is 0 Å². The average molecular weight is 807 g/mol. The quantitative estimate of drug-likeness (QED) is 0.0475. The second-order valence-corrected chi connectivity index (χ2v) is 13.2. The standard InChI is InChI=1S/C19H20F5NO6.C14H12F5NO4/c1-9(2)14(26)13(16(28)31-17(3,4)5)15(27)11-7-6-10(8-12(11)25(29)30)18(20,21)19(22,23)24;1-7(2)11(21)6-12(22)9-4-3-8(5-10(9)20(23)24)13(15,16)14(17,18)19/h6-9,13H,1-5H3;3-5,7H,6H2,1-2H3. The van der Waals surface area contributed by atoms with Crippen molar-refractivity contribution in [3.63, 3.8) is 0 Å². The first kappa shape index (κ1) is 47.7. The van der Waals surface area contributed by atoms with Gasteiger partial charge in [0.05, 0.1) is 27.4 Å². The molecule has 0 saturated carbocycles. The molecule has 0 amide bonds. The molecule has 304 valence electrons. The SMILES string of the molecule is CC(C)C(=O)C(C(=O)OC(C)(C)C)C(=O)c1ccc(C(F)(F)C(F)(F)F)cc1[N+](=O)[O-].CC(C)C(=O)CC(=O)c1ccc(C(F)(F)C(F)(F)F)cc1[N+](=O)[O-]. The Labute approximate surface area is 304 Å². The number of esters is 1. The van der Waals surface area contributed by atoms with E-state index < -0.39 is 127 Å². The summed E-state index contributed by atoms with van der Waals surface area (Å²) in [7, 11) is 0. The number of benzene rings is 2. The zero-order valence-corrected chi connectivity index (χ0v) is 29.7. The van der Waals surface area contributed by atoms with Crippen molar-refractivity contribution in [3.05, 3.63) is 78.9 Å². The van der Waals surface area contributed by atoms with Gasteiger partial charge < -0.3 is 4.74 Å². The van der Waals surface area contributed by atoms with Crippen LogP contribution in [-0.2, 0) is 31.0 Å². The Balaban J connectivity index is 0.000000568. The minimum Gasteiger partial charge on any atom is -0.459 e. The van der Waals surface area contributed by atoms with Crippen molar-refractivity contribution in [3.8, 4) is 0 Å². The number of hydrogen-bond donors (Lipinski definition) is 0. The van der Waals surface area contributed by atoms with E-state index in [2.05, 4.69) is 0 Å². The number of halogens is 10. The van der Waals surface area contributed by atoms with E-state index >= 15 is 0 Å². The van der Waals surface area contributed by atoms with Gasteiger partial charge in [-0.3, -0.25) is 44.2 Å². The smallest absolute Gasteiger partial charge is 0.458 e. The number of nitro groups is 2. The van der Waals surface area contributed by atoms with E-state index in [4.69, 9.17) is 4.74 Å². The Kier molecular flexibility index (Phi) is 14.8. The lowest BCUT2D eigenvalue weighted by molar-refractivity contribution is -0.385. The highest BCUT2D eigenvalue weighted by molar-refractivity contribution is 6.24. The van der Waals surface area contributed by atoms with Crippen LogP contribution in [0, 0.1) is 38.0 Å². The fourth-order valence-electron chi connectivity index (χ4n) is 4.19. The molecule has 0 aliphatic heterocycles. The Morgan fingerprint density at radius 2 is 1.04 bits per heavy atom. The van der Waals surface area contributed by atoms with E-state index in [0.717, 1.165) is 0 Å². The molecule has 2 rings (SSSR count). The minimum atomic E-state index is -6.04. The van der Waals surface area contributed by atoms with Gasteiger partial charge in [0.2, 0.25) is 0 Å². The maximum Gasteiger partial charge on any atom is 0.458 e. The lowest BCUT2D eigenvalue weighted by atomic mass is 9.87. The van der Waals surface area contributed by atoms with Gasteiger partial charge in [0, 0.05) is 35.1 Å². The molecule has 0 radical (unpaired) electrons. The highest BCUT2D eigenvalue weighted by Gasteiger charge is 2.60. The number of alkyl halides is 10. The number of carbonyl (C=O) groups excluding carboxylic acids is 5. The number of carbonyl (C=O) groups is 5. The summed E-state index contributed by atoms with van der Waals surface area (Å²) < 4.78 is 134. The van der Waals surface area contributed by atoms with Gasteiger partial charge in [-0.1, -0.05) is 39.8 Å². The molecule has 0 N–H and O–H groups in total. The van der Waals surface area contributed by atoms with E-state index in [9.17, 15) is 88.1 Å². The van der Waals surface area contributed by atoms with Crippen LogP contribution >= 0.6 is 0 Å². The first-order valence-corrected chi connectivity index (χ1v) is 15.4. The van der Waals surface area contributed by atoms with E-state index in [0.29, 0.717) is 12.1 Å².